The number of fused-ring (bicyclic) bond motifs is 1. The van der Waals surface area contributed by atoms with Crippen molar-refractivity contribution in [2.75, 3.05) is 38.8 Å². The lowest BCUT2D eigenvalue weighted by atomic mass is 10.1. The van der Waals surface area contributed by atoms with Gasteiger partial charge >= 0.3 is 0 Å². The molecule has 4 rings (SSSR count). The van der Waals surface area contributed by atoms with Gasteiger partial charge in [0, 0.05) is 6.54 Å². The predicted octanol–water partition coefficient (Wildman–Crippen LogP) is 5.47. The Morgan fingerprint density at radius 3 is 2.47 bits per heavy atom. The molecule has 34 heavy (non-hydrogen) atoms. The third-order valence-corrected chi connectivity index (χ3v) is 6.31. The Morgan fingerprint density at radius 2 is 1.65 bits per heavy atom. The molecule has 0 fully saturated rings. The molecule has 0 saturated heterocycles. The smallest absolute Gasteiger partial charge is 0.160 e. The Bertz CT molecular complexity index is 1020. The number of hydrogen-bond acceptors (Lipinski definition) is 5. The second kappa shape index (κ2) is 12.3. The molecule has 0 bridgehead atoms. The summed E-state index contributed by atoms with van der Waals surface area (Å²) in [7, 11) is 3.34. The molecule has 180 valence electrons. The molecular weight excluding hydrogens is 424 g/mol. The summed E-state index contributed by atoms with van der Waals surface area (Å²) in [5.41, 5.74) is 3.77. The van der Waals surface area contributed by atoms with Gasteiger partial charge in [-0.15, -0.1) is 0 Å². The summed E-state index contributed by atoms with van der Waals surface area (Å²) in [5.74, 6) is 2.56. The van der Waals surface area contributed by atoms with E-state index in [1.165, 1.54) is 16.8 Å². The number of unbranched alkanes of at least 4 members (excludes halogenated alkanes) is 1. The van der Waals surface area contributed by atoms with Crippen molar-refractivity contribution in [1.29, 1.82) is 0 Å². The van der Waals surface area contributed by atoms with E-state index in [4.69, 9.17) is 14.2 Å². The van der Waals surface area contributed by atoms with E-state index in [1.54, 1.807) is 14.2 Å². The van der Waals surface area contributed by atoms with Gasteiger partial charge in [-0.25, -0.2) is 0 Å². The van der Waals surface area contributed by atoms with Crippen molar-refractivity contribution in [3.63, 3.8) is 0 Å². The molecule has 1 atom stereocenters. The number of para-hydroxylation sites is 2. The number of nitrogens with zero attached hydrogens (tertiary/aromatic N) is 1. The third kappa shape index (κ3) is 6.45. The van der Waals surface area contributed by atoms with Crippen LogP contribution in [0.2, 0.25) is 0 Å². The molecule has 0 amide bonds. The van der Waals surface area contributed by atoms with Crippen LogP contribution in [0.1, 0.15) is 30.4 Å². The molecule has 3 aromatic carbocycles. The molecule has 3 aromatic rings. The Morgan fingerprint density at radius 1 is 0.853 bits per heavy atom. The zero-order valence-electron chi connectivity index (χ0n) is 20.3. The number of nitrogens with one attached hydrogen (secondary N) is 1. The molecule has 0 aromatic heterocycles. The number of hydrogen-bond donors (Lipinski definition) is 1. The highest BCUT2D eigenvalue weighted by Gasteiger charge is 2.25. The lowest BCUT2D eigenvalue weighted by molar-refractivity contribution is 0.179. The van der Waals surface area contributed by atoms with Gasteiger partial charge in [0.2, 0.25) is 0 Å². The molecule has 1 unspecified atom stereocenters. The Balaban J connectivity index is 1.19. The SMILES string of the molecule is COc1ccc(CCNCCCCC2CN(Cc3ccccc3)c3ccccc3O2)cc1OC. The molecule has 0 saturated carbocycles. The van der Waals surface area contributed by atoms with Crippen LogP contribution in [0.15, 0.2) is 72.8 Å². The van der Waals surface area contributed by atoms with Crippen LogP contribution < -0.4 is 24.4 Å². The van der Waals surface area contributed by atoms with E-state index in [9.17, 15) is 0 Å². The molecule has 5 heteroatoms. The van der Waals surface area contributed by atoms with Crippen molar-refractivity contribution >= 4 is 5.69 Å². The molecule has 1 heterocycles. The zero-order chi connectivity index (χ0) is 23.6. The zero-order valence-corrected chi connectivity index (χ0v) is 20.3. The van der Waals surface area contributed by atoms with Gasteiger partial charge in [-0.05, 0) is 74.2 Å². The first-order chi connectivity index (χ1) is 16.8. The predicted molar refractivity (Wildman–Crippen MR) is 138 cm³/mol. The molecular formula is C29H36N2O3. The van der Waals surface area contributed by atoms with Gasteiger partial charge in [-0.2, -0.15) is 0 Å². The van der Waals surface area contributed by atoms with Gasteiger partial charge in [-0.3, -0.25) is 0 Å². The fourth-order valence-electron chi connectivity index (χ4n) is 4.50. The van der Waals surface area contributed by atoms with Gasteiger partial charge in [0.05, 0.1) is 26.5 Å². The minimum absolute atomic E-state index is 0.227. The monoisotopic (exact) mass is 460 g/mol. The van der Waals surface area contributed by atoms with Crippen LogP contribution in [-0.2, 0) is 13.0 Å². The van der Waals surface area contributed by atoms with Crippen LogP contribution in [0.25, 0.3) is 0 Å². The summed E-state index contributed by atoms with van der Waals surface area (Å²) in [6, 6.07) is 25.2. The molecule has 0 aliphatic carbocycles. The van der Waals surface area contributed by atoms with E-state index in [-0.39, 0.29) is 6.10 Å². The minimum Gasteiger partial charge on any atom is -0.493 e. The van der Waals surface area contributed by atoms with E-state index in [1.807, 2.05) is 6.07 Å². The Hall–Kier alpha value is -3.18. The summed E-state index contributed by atoms with van der Waals surface area (Å²) in [4.78, 5) is 2.46. The normalized spacial score (nSPS) is 14.9. The van der Waals surface area contributed by atoms with Gasteiger partial charge < -0.3 is 24.4 Å². The molecule has 1 N–H and O–H groups in total. The second-order valence-corrected chi connectivity index (χ2v) is 8.76. The van der Waals surface area contributed by atoms with Crippen molar-refractivity contribution in [2.24, 2.45) is 0 Å². The molecule has 0 radical (unpaired) electrons. The Kier molecular flexibility index (Phi) is 8.69. The number of anilines is 1. The van der Waals surface area contributed by atoms with Gasteiger partial charge in [-0.1, -0.05) is 48.5 Å². The molecule has 1 aliphatic rings. The standard InChI is InChI=1S/C29H36N2O3/c1-32-28-16-15-23(20-29(28)33-2)17-19-30-18-9-8-12-25-22-31(21-24-10-4-3-5-11-24)26-13-6-7-14-27(26)34-25/h3-7,10-11,13-16,20,25,30H,8-9,12,17-19,21-22H2,1-2H3. The lowest BCUT2D eigenvalue weighted by Gasteiger charge is -2.36. The first kappa shape index (κ1) is 24.0. The average Bonchev–Trinajstić information content (AvgIpc) is 2.88. The topological polar surface area (TPSA) is 43.0 Å². The highest BCUT2D eigenvalue weighted by Crippen LogP contribution is 2.35. The summed E-state index contributed by atoms with van der Waals surface area (Å²) in [5, 5.41) is 3.57. The summed E-state index contributed by atoms with van der Waals surface area (Å²) in [6.07, 6.45) is 4.56. The van der Waals surface area contributed by atoms with E-state index >= 15 is 0 Å². The van der Waals surface area contributed by atoms with Crippen LogP contribution in [0.5, 0.6) is 17.2 Å². The highest BCUT2D eigenvalue weighted by atomic mass is 16.5. The van der Waals surface area contributed by atoms with E-state index in [0.29, 0.717) is 0 Å². The summed E-state index contributed by atoms with van der Waals surface area (Å²) < 4.78 is 17.1. The van der Waals surface area contributed by atoms with Crippen molar-refractivity contribution in [2.45, 2.75) is 38.3 Å². The maximum Gasteiger partial charge on any atom is 0.160 e. The van der Waals surface area contributed by atoms with Crippen LogP contribution >= 0.6 is 0 Å². The van der Waals surface area contributed by atoms with Crippen LogP contribution in [-0.4, -0.2) is 40.0 Å². The maximum atomic E-state index is 6.34. The summed E-state index contributed by atoms with van der Waals surface area (Å²) in [6.45, 7) is 3.81. The van der Waals surface area contributed by atoms with Gasteiger partial charge in [0.15, 0.2) is 11.5 Å². The van der Waals surface area contributed by atoms with Gasteiger partial charge in [0.1, 0.15) is 11.9 Å². The lowest BCUT2D eigenvalue weighted by Crippen LogP contribution is -2.39. The fraction of sp³-hybridized carbons (Fsp3) is 0.379. The maximum absolute atomic E-state index is 6.34. The first-order valence-electron chi connectivity index (χ1n) is 12.2. The van der Waals surface area contributed by atoms with E-state index < -0.39 is 0 Å². The van der Waals surface area contributed by atoms with Crippen molar-refractivity contribution < 1.29 is 14.2 Å². The third-order valence-electron chi connectivity index (χ3n) is 6.31. The Labute approximate surface area is 203 Å². The highest BCUT2D eigenvalue weighted by molar-refractivity contribution is 5.60. The number of rotatable bonds is 12. The molecule has 0 spiro atoms. The van der Waals surface area contributed by atoms with Crippen molar-refractivity contribution in [1.82, 2.24) is 5.32 Å². The summed E-state index contributed by atoms with van der Waals surface area (Å²) >= 11 is 0. The van der Waals surface area contributed by atoms with E-state index in [2.05, 4.69) is 76.9 Å². The fourth-order valence-corrected chi connectivity index (χ4v) is 4.50. The largest absolute Gasteiger partial charge is 0.493 e. The number of ether oxygens (including phenoxy) is 3. The molecule has 5 nitrogen and oxygen atoms in total. The van der Waals surface area contributed by atoms with E-state index in [0.717, 1.165) is 69.1 Å². The van der Waals surface area contributed by atoms with Gasteiger partial charge in [0.25, 0.3) is 0 Å². The van der Waals surface area contributed by atoms with Crippen molar-refractivity contribution in [3.8, 4) is 17.2 Å². The van der Waals surface area contributed by atoms with Crippen LogP contribution in [0.4, 0.5) is 5.69 Å². The first-order valence-corrected chi connectivity index (χ1v) is 12.2. The molecule has 1 aliphatic heterocycles. The minimum atomic E-state index is 0.227. The quantitative estimate of drug-likeness (QED) is 0.363. The number of benzene rings is 3. The van der Waals surface area contributed by atoms with Crippen LogP contribution in [0.3, 0.4) is 0 Å². The van der Waals surface area contributed by atoms with Crippen molar-refractivity contribution in [3.05, 3.63) is 83.9 Å². The number of methoxy groups -OCH3 is 2. The van der Waals surface area contributed by atoms with Crippen LogP contribution in [0, 0.1) is 0 Å². The average molecular weight is 461 g/mol. The second-order valence-electron chi connectivity index (χ2n) is 8.76.